The Morgan fingerprint density at radius 2 is 1.82 bits per heavy atom. The molecule has 9 heteroatoms. The summed E-state index contributed by atoms with van der Waals surface area (Å²) >= 11 is 1.21. The van der Waals surface area contributed by atoms with Crippen LogP contribution in [-0.2, 0) is 10.0 Å². The van der Waals surface area contributed by atoms with Gasteiger partial charge >= 0.3 is 0 Å². The maximum absolute atomic E-state index is 13.1. The average Bonchev–Trinajstić information content (AvgIpc) is 3.20. The van der Waals surface area contributed by atoms with Gasteiger partial charge in [-0.25, -0.2) is 17.7 Å². The highest BCUT2D eigenvalue weighted by atomic mass is 32.2. The number of ether oxygens (including phenoxy) is 1. The van der Waals surface area contributed by atoms with Crippen LogP contribution in [0.15, 0.2) is 65.0 Å². The Labute approximate surface area is 167 Å². The van der Waals surface area contributed by atoms with Crippen molar-refractivity contribution in [1.29, 1.82) is 0 Å². The summed E-state index contributed by atoms with van der Waals surface area (Å²) in [5.41, 5.74) is 6.56. The van der Waals surface area contributed by atoms with Crippen molar-refractivity contribution in [2.75, 3.05) is 17.5 Å². The van der Waals surface area contributed by atoms with E-state index in [-0.39, 0.29) is 23.6 Å². The summed E-state index contributed by atoms with van der Waals surface area (Å²) in [5.74, 6) is 0.0418. The summed E-state index contributed by atoms with van der Waals surface area (Å²) in [6, 6.07) is 13.0. The monoisotopic (exact) mass is 417 g/mol. The number of aromatic nitrogens is 1. The Kier molecular flexibility index (Phi) is 5.96. The van der Waals surface area contributed by atoms with E-state index in [1.54, 1.807) is 11.6 Å². The molecule has 0 spiro atoms. The lowest BCUT2D eigenvalue weighted by Crippen LogP contribution is -2.34. The maximum atomic E-state index is 13.1. The van der Waals surface area contributed by atoms with E-state index in [2.05, 4.69) is 4.98 Å². The number of hydrogen-bond donors (Lipinski definition) is 1. The first-order valence-corrected chi connectivity index (χ1v) is 10.7. The largest absolute Gasteiger partial charge is 0.492 e. The molecule has 0 aliphatic carbocycles. The van der Waals surface area contributed by atoms with Gasteiger partial charge in [0.15, 0.2) is 5.13 Å². The van der Waals surface area contributed by atoms with Gasteiger partial charge in [0.2, 0.25) is 5.91 Å². The first-order valence-electron chi connectivity index (χ1n) is 8.39. The molecule has 0 bridgehead atoms. The zero-order valence-corrected chi connectivity index (χ0v) is 16.7. The number of primary amides is 1. The van der Waals surface area contributed by atoms with Gasteiger partial charge in [0.05, 0.1) is 11.4 Å². The predicted molar refractivity (Wildman–Crippen MR) is 108 cm³/mol. The molecule has 0 saturated carbocycles. The van der Waals surface area contributed by atoms with E-state index in [1.807, 2.05) is 31.2 Å². The molecule has 146 valence electrons. The number of nitrogens with zero attached hydrogens (tertiary/aromatic N) is 2. The molecule has 0 aliphatic heterocycles. The van der Waals surface area contributed by atoms with Crippen molar-refractivity contribution < 1.29 is 17.9 Å². The molecule has 3 aromatic rings. The third-order valence-electron chi connectivity index (χ3n) is 3.94. The summed E-state index contributed by atoms with van der Waals surface area (Å²) in [5, 5.41) is 2.04. The summed E-state index contributed by atoms with van der Waals surface area (Å²) in [4.78, 5) is 15.4. The summed E-state index contributed by atoms with van der Waals surface area (Å²) in [6.07, 6.45) is 1.54. The fraction of sp³-hybridized carbons (Fsp3) is 0.158. The van der Waals surface area contributed by atoms with Crippen molar-refractivity contribution in [3.05, 3.63) is 71.2 Å². The van der Waals surface area contributed by atoms with E-state index in [0.717, 1.165) is 5.56 Å². The lowest BCUT2D eigenvalue weighted by Gasteiger charge is -2.22. The van der Waals surface area contributed by atoms with Crippen LogP contribution in [0.3, 0.4) is 0 Å². The van der Waals surface area contributed by atoms with Crippen molar-refractivity contribution in [3.8, 4) is 5.75 Å². The molecule has 3 rings (SSSR count). The van der Waals surface area contributed by atoms with Crippen LogP contribution < -0.4 is 14.8 Å². The lowest BCUT2D eigenvalue weighted by atomic mass is 10.2. The van der Waals surface area contributed by atoms with E-state index in [4.69, 9.17) is 10.5 Å². The SMILES string of the molecule is Cc1ccc(OCCN(c2nccs2)S(=O)(=O)c2ccc(C(N)=O)cc2)cc1. The normalized spacial score (nSPS) is 11.2. The summed E-state index contributed by atoms with van der Waals surface area (Å²) in [6.45, 7) is 2.21. The van der Waals surface area contributed by atoms with Gasteiger partial charge in [-0.15, -0.1) is 11.3 Å². The fourth-order valence-electron chi connectivity index (χ4n) is 2.46. The summed E-state index contributed by atoms with van der Waals surface area (Å²) < 4.78 is 33.1. The molecule has 0 saturated heterocycles. The van der Waals surface area contributed by atoms with Gasteiger partial charge in [-0.1, -0.05) is 17.7 Å². The van der Waals surface area contributed by atoms with Crippen molar-refractivity contribution in [2.45, 2.75) is 11.8 Å². The zero-order chi connectivity index (χ0) is 20.1. The molecule has 28 heavy (non-hydrogen) atoms. The lowest BCUT2D eigenvalue weighted by molar-refractivity contribution is 0.1000. The number of aryl methyl sites for hydroxylation is 1. The number of rotatable bonds is 8. The van der Waals surface area contributed by atoms with E-state index in [1.165, 1.54) is 39.9 Å². The number of hydrogen-bond acceptors (Lipinski definition) is 6. The highest BCUT2D eigenvalue weighted by Gasteiger charge is 2.27. The van der Waals surface area contributed by atoms with Gasteiger partial charge < -0.3 is 10.5 Å². The Hall–Kier alpha value is -2.91. The van der Waals surface area contributed by atoms with Crippen LogP contribution in [0, 0.1) is 6.92 Å². The van der Waals surface area contributed by atoms with Gasteiger partial charge in [0.25, 0.3) is 10.0 Å². The first-order chi connectivity index (χ1) is 13.4. The molecule has 0 atom stereocenters. The standard InChI is InChI=1S/C19H19N3O4S2/c1-14-2-6-16(7-3-14)26-12-11-22(19-21-10-13-27-19)28(24,25)17-8-4-15(5-9-17)18(20)23/h2-10,13H,11-12H2,1H3,(H2,20,23). The number of thiazole rings is 1. The second-order valence-electron chi connectivity index (χ2n) is 5.94. The fourth-order valence-corrected chi connectivity index (χ4v) is 4.76. The van der Waals surface area contributed by atoms with E-state index in [9.17, 15) is 13.2 Å². The Morgan fingerprint density at radius 3 is 2.39 bits per heavy atom. The van der Waals surface area contributed by atoms with Gasteiger partial charge in [-0.2, -0.15) is 0 Å². The molecule has 0 fully saturated rings. The number of amides is 1. The molecule has 2 aromatic carbocycles. The molecular weight excluding hydrogens is 398 g/mol. The van der Waals surface area contributed by atoms with Crippen LogP contribution in [0.1, 0.15) is 15.9 Å². The molecule has 1 aromatic heterocycles. The van der Waals surface area contributed by atoms with Gasteiger partial charge in [-0.05, 0) is 43.3 Å². The number of anilines is 1. The van der Waals surface area contributed by atoms with Crippen molar-refractivity contribution in [3.63, 3.8) is 0 Å². The van der Waals surface area contributed by atoms with Crippen LogP contribution in [0.25, 0.3) is 0 Å². The molecular formula is C19H19N3O4S2. The van der Waals surface area contributed by atoms with Crippen molar-refractivity contribution >= 4 is 32.4 Å². The quantitative estimate of drug-likeness (QED) is 0.607. The molecule has 1 heterocycles. The molecule has 2 N–H and O–H groups in total. The minimum Gasteiger partial charge on any atom is -0.492 e. The van der Waals surface area contributed by atoms with E-state index < -0.39 is 15.9 Å². The highest BCUT2D eigenvalue weighted by molar-refractivity contribution is 7.93. The van der Waals surface area contributed by atoms with Gasteiger partial charge in [-0.3, -0.25) is 4.79 Å². The second kappa shape index (κ2) is 8.41. The Morgan fingerprint density at radius 1 is 1.14 bits per heavy atom. The first kappa shape index (κ1) is 19.8. The molecule has 0 radical (unpaired) electrons. The minimum atomic E-state index is -3.88. The van der Waals surface area contributed by atoms with Crippen LogP contribution in [-0.4, -0.2) is 32.5 Å². The second-order valence-corrected chi connectivity index (χ2v) is 8.68. The van der Waals surface area contributed by atoms with Gasteiger partial charge in [0, 0.05) is 17.1 Å². The number of carbonyl (C=O) groups excluding carboxylic acids is 1. The Balaban J connectivity index is 1.80. The number of carbonyl (C=O) groups is 1. The molecule has 0 aliphatic rings. The summed E-state index contributed by atoms with van der Waals surface area (Å²) in [7, 11) is -3.88. The highest BCUT2D eigenvalue weighted by Crippen LogP contribution is 2.25. The number of nitrogens with two attached hydrogens (primary N) is 1. The number of sulfonamides is 1. The van der Waals surface area contributed by atoms with Crippen LogP contribution >= 0.6 is 11.3 Å². The third kappa shape index (κ3) is 4.49. The Bertz CT molecular complexity index is 1030. The van der Waals surface area contributed by atoms with E-state index >= 15 is 0 Å². The molecule has 1 amide bonds. The van der Waals surface area contributed by atoms with E-state index in [0.29, 0.717) is 10.9 Å². The van der Waals surface area contributed by atoms with Crippen LogP contribution in [0.5, 0.6) is 5.75 Å². The van der Waals surface area contributed by atoms with Crippen molar-refractivity contribution in [2.24, 2.45) is 5.73 Å². The molecule has 0 unspecified atom stereocenters. The maximum Gasteiger partial charge on any atom is 0.266 e. The topological polar surface area (TPSA) is 103 Å². The van der Waals surface area contributed by atoms with Crippen LogP contribution in [0.2, 0.25) is 0 Å². The number of benzene rings is 2. The third-order valence-corrected chi connectivity index (χ3v) is 6.66. The zero-order valence-electron chi connectivity index (χ0n) is 15.1. The smallest absolute Gasteiger partial charge is 0.266 e. The van der Waals surface area contributed by atoms with Crippen LogP contribution in [0.4, 0.5) is 5.13 Å². The van der Waals surface area contributed by atoms with Crippen molar-refractivity contribution in [1.82, 2.24) is 4.98 Å². The van der Waals surface area contributed by atoms with Gasteiger partial charge in [0.1, 0.15) is 12.4 Å². The predicted octanol–water partition coefficient (Wildman–Crippen LogP) is 2.82. The average molecular weight is 418 g/mol. The molecule has 7 nitrogen and oxygen atoms in total. The minimum absolute atomic E-state index is 0.0445.